The molecule has 0 bridgehead atoms. The number of likely N-dealkylation sites (tertiary alicyclic amines) is 1. The number of amides is 3. The van der Waals surface area contributed by atoms with E-state index in [1.165, 1.54) is 25.6 Å². The van der Waals surface area contributed by atoms with E-state index in [9.17, 15) is 14.4 Å². The second-order valence-corrected chi connectivity index (χ2v) is 9.13. The number of methoxy groups -OCH3 is 2. The van der Waals surface area contributed by atoms with Gasteiger partial charge in [-0.3, -0.25) is 14.4 Å². The Hall–Kier alpha value is -3.07. The molecular formula is C23H27N3O5S. The van der Waals surface area contributed by atoms with Crippen molar-refractivity contribution in [2.24, 2.45) is 11.7 Å². The lowest BCUT2D eigenvalue weighted by atomic mass is 9.80. The molecule has 2 aliphatic heterocycles. The number of hydrogen-bond donors (Lipinski definition) is 1. The molecule has 2 atom stereocenters. The van der Waals surface area contributed by atoms with Gasteiger partial charge in [0, 0.05) is 36.5 Å². The van der Waals surface area contributed by atoms with Crippen LogP contribution in [-0.2, 0) is 9.59 Å². The molecule has 1 aromatic carbocycles. The van der Waals surface area contributed by atoms with E-state index < -0.39 is 12.0 Å². The van der Waals surface area contributed by atoms with Crippen LogP contribution < -0.4 is 15.2 Å². The van der Waals surface area contributed by atoms with E-state index in [2.05, 4.69) is 0 Å². The first-order valence-electron chi connectivity index (χ1n) is 10.5. The minimum atomic E-state index is -0.601. The Morgan fingerprint density at radius 3 is 2.34 bits per heavy atom. The number of hydrogen-bond acceptors (Lipinski definition) is 6. The van der Waals surface area contributed by atoms with Crippen LogP contribution in [0.1, 0.15) is 45.6 Å². The summed E-state index contributed by atoms with van der Waals surface area (Å²) in [6.07, 6.45) is 1.09. The molecule has 3 heterocycles. The summed E-state index contributed by atoms with van der Waals surface area (Å²) in [4.78, 5) is 43.1. The van der Waals surface area contributed by atoms with E-state index in [0.29, 0.717) is 48.6 Å². The molecule has 2 aromatic rings. The number of likely N-dealkylation sites (N-methyl/N-ethyl adjacent to an activating group) is 1. The summed E-state index contributed by atoms with van der Waals surface area (Å²) in [5.41, 5.74) is 6.53. The van der Waals surface area contributed by atoms with Crippen molar-refractivity contribution >= 4 is 29.1 Å². The molecule has 2 aliphatic rings. The Morgan fingerprint density at radius 2 is 1.78 bits per heavy atom. The zero-order valence-corrected chi connectivity index (χ0v) is 19.2. The number of fused-ring (bicyclic) bond motifs is 1. The van der Waals surface area contributed by atoms with Crippen molar-refractivity contribution in [1.82, 2.24) is 9.80 Å². The Labute approximate surface area is 190 Å². The Morgan fingerprint density at radius 1 is 1.12 bits per heavy atom. The van der Waals surface area contributed by atoms with Crippen molar-refractivity contribution in [2.75, 3.05) is 34.4 Å². The minimum Gasteiger partial charge on any atom is -0.493 e. The molecule has 1 fully saturated rings. The summed E-state index contributed by atoms with van der Waals surface area (Å²) in [5, 5.41) is 1.94. The molecule has 170 valence electrons. The van der Waals surface area contributed by atoms with Crippen LogP contribution in [0, 0.1) is 5.92 Å². The van der Waals surface area contributed by atoms with Crippen LogP contribution >= 0.6 is 11.3 Å². The summed E-state index contributed by atoms with van der Waals surface area (Å²) in [5.74, 6) is -0.459. The Balaban J connectivity index is 1.79. The molecule has 1 saturated heterocycles. The quantitative estimate of drug-likeness (QED) is 0.743. The normalized spacial score (nSPS) is 21.3. The van der Waals surface area contributed by atoms with Crippen molar-refractivity contribution in [3.63, 3.8) is 0 Å². The Kier molecular flexibility index (Phi) is 6.10. The molecule has 4 rings (SSSR count). The third-order valence-electron chi connectivity index (χ3n) is 6.48. The van der Waals surface area contributed by atoms with E-state index >= 15 is 0 Å². The molecule has 3 amide bonds. The zero-order chi connectivity index (χ0) is 23.0. The lowest BCUT2D eigenvalue weighted by Crippen LogP contribution is -2.49. The number of benzene rings is 1. The smallest absolute Gasteiger partial charge is 0.254 e. The summed E-state index contributed by atoms with van der Waals surface area (Å²) >= 11 is 1.52. The highest BCUT2D eigenvalue weighted by molar-refractivity contribution is 7.10. The second-order valence-electron chi connectivity index (χ2n) is 8.15. The van der Waals surface area contributed by atoms with Gasteiger partial charge in [-0.25, -0.2) is 0 Å². The summed E-state index contributed by atoms with van der Waals surface area (Å²) in [6, 6.07) is 6.83. The van der Waals surface area contributed by atoms with Gasteiger partial charge in [0.25, 0.3) is 5.91 Å². The molecule has 0 spiro atoms. The fraction of sp³-hybridized carbons (Fsp3) is 0.435. The fourth-order valence-corrected chi connectivity index (χ4v) is 5.62. The number of carbonyl (C=O) groups excluding carboxylic acids is 3. The number of nitrogens with two attached hydrogens (primary N) is 1. The average molecular weight is 458 g/mol. The fourth-order valence-electron chi connectivity index (χ4n) is 4.71. The largest absolute Gasteiger partial charge is 0.493 e. The summed E-state index contributed by atoms with van der Waals surface area (Å²) in [7, 11) is 4.77. The van der Waals surface area contributed by atoms with E-state index in [1.54, 1.807) is 29.0 Å². The molecule has 8 nitrogen and oxygen atoms in total. The van der Waals surface area contributed by atoms with Crippen molar-refractivity contribution in [3.8, 4) is 11.5 Å². The maximum Gasteiger partial charge on any atom is 0.254 e. The molecule has 0 aliphatic carbocycles. The molecule has 0 unspecified atom stereocenters. The SMILES string of the molecule is COc1cc2c(cc1OC)[C@H](C(=O)N1CCC(C(N)=O)CC1)[C@H](c1cccs1)N(C)C2=O. The molecule has 9 heteroatoms. The van der Waals surface area contributed by atoms with Crippen LogP contribution in [0.5, 0.6) is 11.5 Å². The first-order chi connectivity index (χ1) is 15.4. The van der Waals surface area contributed by atoms with Crippen LogP contribution in [0.25, 0.3) is 0 Å². The van der Waals surface area contributed by atoms with Crippen LogP contribution in [0.2, 0.25) is 0 Å². The number of nitrogens with zero attached hydrogens (tertiary/aromatic N) is 2. The molecule has 2 N–H and O–H groups in total. The number of primary amides is 1. The minimum absolute atomic E-state index is 0.0702. The zero-order valence-electron chi connectivity index (χ0n) is 18.4. The van der Waals surface area contributed by atoms with E-state index in [4.69, 9.17) is 15.2 Å². The molecule has 32 heavy (non-hydrogen) atoms. The van der Waals surface area contributed by atoms with Gasteiger partial charge in [0.2, 0.25) is 11.8 Å². The van der Waals surface area contributed by atoms with Crippen LogP contribution in [0.4, 0.5) is 0 Å². The highest BCUT2D eigenvalue weighted by Crippen LogP contribution is 2.47. The van der Waals surface area contributed by atoms with Gasteiger partial charge in [0.15, 0.2) is 11.5 Å². The third kappa shape index (κ3) is 3.70. The molecule has 0 radical (unpaired) electrons. The standard InChI is InChI=1S/C23H27N3O5S/c1-25-20(18-5-4-10-32-18)19(23(29)26-8-6-13(7-9-26)21(24)27)14-11-16(30-2)17(31-3)12-15(14)22(25)28/h4-5,10-13,19-20H,6-9H2,1-3H3,(H2,24,27)/t19-,20-/m0/s1. The Bertz CT molecular complexity index is 1030. The van der Waals surface area contributed by atoms with Crippen LogP contribution in [-0.4, -0.2) is 61.9 Å². The molecular weight excluding hydrogens is 430 g/mol. The van der Waals surface area contributed by atoms with Crippen molar-refractivity contribution < 1.29 is 23.9 Å². The van der Waals surface area contributed by atoms with Crippen molar-refractivity contribution in [2.45, 2.75) is 24.8 Å². The maximum absolute atomic E-state index is 13.9. The monoisotopic (exact) mass is 457 g/mol. The van der Waals surface area contributed by atoms with Gasteiger partial charge in [0.1, 0.15) is 0 Å². The van der Waals surface area contributed by atoms with Gasteiger partial charge in [-0.2, -0.15) is 0 Å². The predicted molar refractivity (Wildman–Crippen MR) is 120 cm³/mol. The molecule has 0 saturated carbocycles. The highest BCUT2D eigenvalue weighted by Gasteiger charge is 2.45. The maximum atomic E-state index is 13.9. The second kappa shape index (κ2) is 8.82. The first kappa shape index (κ1) is 22.1. The average Bonchev–Trinajstić information content (AvgIpc) is 3.34. The summed E-state index contributed by atoms with van der Waals surface area (Å²) < 4.78 is 10.9. The van der Waals surface area contributed by atoms with Crippen molar-refractivity contribution in [1.29, 1.82) is 0 Å². The first-order valence-corrected chi connectivity index (χ1v) is 11.4. The van der Waals surface area contributed by atoms with Gasteiger partial charge < -0.3 is 25.0 Å². The van der Waals surface area contributed by atoms with Crippen LogP contribution in [0.3, 0.4) is 0 Å². The van der Waals surface area contributed by atoms with Gasteiger partial charge in [-0.15, -0.1) is 11.3 Å². The van der Waals surface area contributed by atoms with Gasteiger partial charge in [0.05, 0.1) is 26.2 Å². The van der Waals surface area contributed by atoms with E-state index in [0.717, 1.165) is 4.88 Å². The van der Waals surface area contributed by atoms with Gasteiger partial charge >= 0.3 is 0 Å². The number of ether oxygens (including phenoxy) is 2. The van der Waals surface area contributed by atoms with Gasteiger partial charge in [-0.05, 0) is 42.0 Å². The summed E-state index contributed by atoms with van der Waals surface area (Å²) in [6.45, 7) is 0.917. The predicted octanol–water partition coefficient (Wildman–Crippen LogP) is 2.40. The van der Waals surface area contributed by atoms with Crippen LogP contribution in [0.15, 0.2) is 29.6 Å². The number of piperidine rings is 1. The highest BCUT2D eigenvalue weighted by atomic mass is 32.1. The van der Waals surface area contributed by atoms with Crippen molar-refractivity contribution in [3.05, 3.63) is 45.6 Å². The molecule has 1 aromatic heterocycles. The lowest BCUT2D eigenvalue weighted by molar-refractivity contribution is -0.137. The lowest BCUT2D eigenvalue weighted by Gasteiger charge is -2.42. The topological polar surface area (TPSA) is 102 Å². The van der Waals surface area contributed by atoms with Gasteiger partial charge in [-0.1, -0.05) is 6.07 Å². The number of rotatable bonds is 5. The third-order valence-corrected chi connectivity index (χ3v) is 7.43. The van der Waals surface area contributed by atoms with E-state index in [1.807, 2.05) is 17.5 Å². The van der Waals surface area contributed by atoms with E-state index in [-0.39, 0.29) is 23.6 Å². The number of thiophene rings is 1. The number of carbonyl (C=O) groups is 3.